The second kappa shape index (κ2) is 1.65. The molecule has 0 bridgehead atoms. The maximum atomic E-state index is 8.63. The van der Waals surface area contributed by atoms with E-state index >= 15 is 0 Å². The van der Waals surface area contributed by atoms with E-state index in [-0.39, 0.29) is 0 Å². The minimum absolute atomic E-state index is 0.322. The lowest BCUT2D eigenvalue weighted by Crippen LogP contribution is -1.85. The highest BCUT2D eigenvalue weighted by Gasteiger charge is 1.87. The lowest BCUT2D eigenvalue weighted by Gasteiger charge is -1.91. The highest BCUT2D eigenvalue weighted by atomic mass is 14.4. The fraction of sp³-hybridized carbons (Fsp3) is 0. The SMILES string of the molecule is [N-]=C1C=C[CH+]C=C1. The Labute approximate surface area is 42.9 Å². The molecule has 0 fully saturated rings. The molecule has 0 aromatic heterocycles. The van der Waals surface area contributed by atoms with Crippen molar-refractivity contribution in [3.8, 4) is 0 Å². The highest BCUT2D eigenvalue weighted by molar-refractivity contribution is 6.07. The number of hydrogen-bond donors (Lipinski definition) is 0. The minimum atomic E-state index is 0.322. The summed E-state index contributed by atoms with van der Waals surface area (Å²) >= 11 is 0. The van der Waals surface area contributed by atoms with E-state index in [2.05, 4.69) is 0 Å². The first-order chi connectivity index (χ1) is 3.39. The molecule has 0 spiro atoms. The molecule has 0 radical (unpaired) electrons. The van der Waals surface area contributed by atoms with Crippen LogP contribution in [0.25, 0.3) is 5.41 Å². The molecule has 0 saturated carbocycles. The average molecular weight is 91.1 g/mol. The van der Waals surface area contributed by atoms with Crippen LogP contribution in [0.5, 0.6) is 0 Å². The number of allylic oxidation sites excluding steroid dienone is 4. The minimum Gasteiger partial charge on any atom is -0.779 e. The van der Waals surface area contributed by atoms with Crippen molar-refractivity contribution < 1.29 is 0 Å². The van der Waals surface area contributed by atoms with Gasteiger partial charge in [-0.05, 0) is 5.71 Å². The third-order valence-corrected chi connectivity index (χ3v) is 0.756. The molecule has 0 aromatic rings. The van der Waals surface area contributed by atoms with Crippen molar-refractivity contribution in [2.24, 2.45) is 0 Å². The van der Waals surface area contributed by atoms with Gasteiger partial charge in [0.15, 0.2) is 0 Å². The summed E-state index contributed by atoms with van der Waals surface area (Å²) in [6.07, 6.45) is 8.71. The van der Waals surface area contributed by atoms with Crippen molar-refractivity contribution >= 4 is 5.71 Å². The smallest absolute Gasteiger partial charge is 0.0465 e. The van der Waals surface area contributed by atoms with Crippen LogP contribution in [0.1, 0.15) is 0 Å². The van der Waals surface area contributed by atoms with Gasteiger partial charge in [-0.2, -0.15) is 0 Å². The fourth-order valence-corrected chi connectivity index (χ4v) is 0.428. The van der Waals surface area contributed by atoms with E-state index in [0.717, 1.165) is 0 Å². The monoisotopic (exact) mass is 91.0 g/mol. The van der Waals surface area contributed by atoms with Crippen LogP contribution in [0.15, 0.2) is 24.3 Å². The molecular weight excluding hydrogens is 86.1 g/mol. The van der Waals surface area contributed by atoms with Crippen LogP contribution in [0.4, 0.5) is 0 Å². The van der Waals surface area contributed by atoms with Crippen LogP contribution in [-0.2, 0) is 0 Å². The van der Waals surface area contributed by atoms with E-state index in [1.807, 2.05) is 6.42 Å². The zero-order chi connectivity index (χ0) is 5.11. The largest absolute Gasteiger partial charge is 0.779 e. The Morgan fingerprint density at radius 2 is 1.86 bits per heavy atom. The predicted molar refractivity (Wildman–Crippen MR) is 30.9 cm³/mol. The molecule has 0 N–H and O–H groups in total. The topological polar surface area (TPSA) is 22.3 Å². The van der Waals surface area contributed by atoms with Gasteiger partial charge in [0.1, 0.15) is 0 Å². The summed E-state index contributed by atoms with van der Waals surface area (Å²) in [5.41, 5.74) is 0.322. The van der Waals surface area contributed by atoms with Crippen LogP contribution < -0.4 is 0 Å². The third-order valence-electron chi connectivity index (χ3n) is 0.756. The molecule has 1 aliphatic rings. The van der Waals surface area contributed by atoms with Gasteiger partial charge in [0.05, 0.1) is 0 Å². The molecular formula is C6H5N. The average Bonchev–Trinajstić information content (AvgIpc) is 1.69. The van der Waals surface area contributed by atoms with E-state index in [1.54, 1.807) is 24.3 Å². The highest BCUT2D eigenvalue weighted by Crippen LogP contribution is 1.93. The Morgan fingerprint density at radius 1 is 1.29 bits per heavy atom. The van der Waals surface area contributed by atoms with Crippen LogP contribution in [0.2, 0.25) is 0 Å². The number of rotatable bonds is 0. The summed E-state index contributed by atoms with van der Waals surface area (Å²) in [6.45, 7) is 0. The number of hydrogen-bond acceptors (Lipinski definition) is 0. The van der Waals surface area contributed by atoms with Crippen molar-refractivity contribution in [2.75, 3.05) is 0 Å². The van der Waals surface area contributed by atoms with E-state index in [9.17, 15) is 0 Å². The zero-order valence-corrected chi connectivity index (χ0v) is 3.83. The molecule has 1 heteroatoms. The molecule has 1 nitrogen and oxygen atoms in total. The van der Waals surface area contributed by atoms with Crippen molar-refractivity contribution in [2.45, 2.75) is 0 Å². The fourth-order valence-electron chi connectivity index (χ4n) is 0.428. The predicted octanol–water partition coefficient (Wildman–Crippen LogP) is 1.33. The van der Waals surface area contributed by atoms with Crippen molar-refractivity contribution in [3.63, 3.8) is 0 Å². The first-order valence-corrected chi connectivity index (χ1v) is 2.13. The molecule has 1 rings (SSSR count). The lowest BCUT2D eigenvalue weighted by atomic mass is 10.2. The zero-order valence-electron chi connectivity index (χ0n) is 3.83. The molecule has 0 atom stereocenters. The Hall–Kier alpha value is -0.980. The lowest BCUT2D eigenvalue weighted by molar-refractivity contribution is 1.74. The van der Waals surface area contributed by atoms with Gasteiger partial charge in [-0.3, -0.25) is 0 Å². The summed E-state index contributed by atoms with van der Waals surface area (Å²) in [4.78, 5) is 0. The van der Waals surface area contributed by atoms with Gasteiger partial charge in [-0.25, -0.2) is 0 Å². The van der Waals surface area contributed by atoms with E-state index in [0.29, 0.717) is 5.71 Å². The molecule has 7 heavy (non-hydrogen) atoms. The Morgan fingerprint density at radius 3 is 2.14 bits per heavy atom. The van der Waals surface area contributed by atoms with E-state index < -0.39 is 0 Å². The Balaban J connectivity index is 2.66. The van der Waals surface area contributed by atoms with Gasteiger partial charge in [0, 0.05) is 30.7 Å². The summed E-state index contributed by atoms with van der Waals surface area (Å²) < 4.78 is 0. The van der Waals surface area contributed by atoms with Crippen LogP contribution in [-0.4, -0.2) is 5.71 Å². The quantitative estimate of drug-likeness (QED) is 0.401. The Kier molecular flexibility index (Phi) is 0.984. The van der Waals surface area contributed by atoms with Gasteiger partial charge in [-0.1, -0.05) is 0 Å². The van der Waals surface area contributed by atoms with Crippen LogP contribution >= 0.6 is 0 Å². The van der Waals surface area contributed by atoms with Gasteiger partial charge >= 0.3 is 0 Å². The molecule has 34 valence electrons. The maximum absolute atomic E-state index is 8.63. The maximum Gasteiger partial charge on any atom is 0.0465 e. The first kappa shape index (κ1) is 4.19. The standard InChI is InChI=1S/C6H5N/c7-6-4-2-1-3-5-6/h1-5H. The molecule has 0 heterocycles. The molecule has 0 aromatic carbocycles. The second-order valence-corrected chi connectivity index (χ2v) is 1.34. The van der Waals surface area contributed by atoms with Gasteiger partial charge in [0.25, 0.3) is 0 Å². The Bertz CT molecular complexity index is 117. The molecule has 0 unspecified atom stereocenters. The van der Waals surface area contributed by atoms with Crippen molar-refractivity contribution in [1.29, 1.82) is 0 Å². The van der Waals surface area contributed by atoms with Gasteiger partial charge < -0.3 is 5.41 Å². The molecule has 0 amide bonds. The normalized spacial score (nSPS) is 16.9. The van der Waals surface area contributed by atoms with Gasteiger partial charge in [-0.15, -0.1) is 0 Å². The summed E-state index contributed by atoms with van der Waals surface area (Å²) in [5, 5.41) is 8.63. The summed E-state index contributed by atoms with van der Waals surface area (Å²) in [5.74, 6) is 0. The van der Waals surface area contributed by atoms with E-state index in [4.69, 9.17) is 5.41 Å². The number of nitrogens with zero attached hydrogens (tertiary/aromatic N) is 1. The second-order valence-electron chi connectivity index (χ2n) is 1.34. The molecule has 1 aliphatic carbocycles. The third kappa shape index (κ3) is 0.929. The molecule has 0 aliphatic heterocycles. The molecule has 0 saturated heterocycles. The first-order valence-electron chi connectivity index (χ1n) is 2.13. The summed E-state index contributed by atoms with van der Waals surface area (Å²) in [6, 6.07) is 0. The van der Waals surface area contributed by atoms with Crippen molar-refractivity contribution in [3.05, 3.63) is 36.1 Å². The summed E-state index contributed by atoms with van der Waals surface area (Å²) in [7, 11) is 0. The van der Waals surface area contributed by atoms with Crippen molar-refractivity contribution in [1.82, 2.24) is 0 Å². The van der Waals surface area contributed by atoms with Crippen LogP contribution in [0.3, 0.4) is 0 Å². The van der Waals surface area contributed by atoms with Crippen LogP contribution in [0, 0.1) is 6.42 Å². The van der Waals surface area contributed by atoms with Gasteiger partial charge in [0.2, 0.25) is 0 Å². The van der Waals surface area contributed by atoms with E-state index in [1.165, 1.54) is 0 Å².